The van der Waals surface area contributed by atoms with Crippen molar-refractivity contribution in [2.75, 3.05) is 6.61 Å². The summed E-state index contributed by atoms with van der Waals surface area (Å²) in [6, 6.07) is 7.74. The van der Waals surface area contributed by atoms with Gasteiger partial charge >= 0.3 is 5.97 Å². The number of aromatic nitrogens is 2. The van der Waals surface area contributed by atoms with Crippen molar-refractivity contribution in [3.05, 3.63) is 29.3 Å². The zero-order chi connectivity index (χ0) is 14.0. The SMILES string of the molecule is N#CCC1(COC(=O)c2cc(-c3cccs3)[nH]n2)CC1. The second-order valence-corrected chi connectivity index (χ2v) is 6.00. The fourth-order valence-electron chi connectivity index (χ4n) is 1.99. The van der Waals surface area contributed by atoms with Crippen LogP contribution in [-0.2, 0) is 4.74 Å². The van der Waals surface area contributed by atoms with Gasteiger partial charge in [0.05, 0.1) is 23.2 Å². The lowest BCUT2D eigenvalue weighted by Gasteiger charge is -2.10. The molecule has 0 bridgehead atoms. The molecule has 6 heteroatoms. The van der Waals surface area contributed by atoms with Gasteiger partial charge in [0.15, 0.2) is 5.69 Å². The number of hydrogen-bond donors (Lipinski definition) is 1. The summed E-state index contributed by atoms with van der Waals surface area (Å²) in [6.07, 6.45) is 2.35. The number of aromatic amines is 1. The van der Waals surface area contributed by atoms with Crippen molar-refractivity contribution in [2.45, 2.75) is 19.3 Å². The number of rotatable bonds is 5. The van der Waals surface area contributed by atoms with Crippen molar-refractivity contribution in [2.24, 2.45) is 5.41 Å². The maximum absolute atomic E-state index is 11.9. The first-order valence-corrected chi connectivity index (χ1v) is 7.24. The van der Waals surface area contributed by atoms with E-state index in [4.69, 9.17) is 10.00 Å². The molecule has 2 aromatic rings. The lowest BCUT2D eigenvalue weighted by Crippen LogP contribution is -2.15. The number of carbonyl (C=O) groups excluding carboxylic acids is 1. The van der Waals surface area contributed by atoms with Gasteiger partial charge in [0.2, 0.25) is 0 Å². The summed E-state index contributed by atoms with van der Waals surface area (Å²) in [5.74, 6) is -0.437. The van der Waals surface area contributed by atoms with Crippen LogP contribution in [0, 0.1) is 16.7 Å². The van der Waals surface area contributed by atoms with Crippen LogP contribution in [0.15, 0.2) is 23.6 Å². The summed E-state index contributed by atoms with van der Waals surface area (Å²) in [7, 11) is 0. The van der Waals surface area contributed by atoms with Crippen LogP contribution in [0.3, 0.4) is 0 Å². The Balaban J connectivity index is 1.62. The van der Waals surface area contributed by atoms with E-state index < -0.39 is 5.97 Å². The molecule has 102 valence electrons. The van der Waals surface area contributed by atoms with Gasteiger partial charge in [0.1, 0.15) is 0 Å². The summed E-state index contributed by atoms with van der Waals surface area (Å²) in [5, 5.41) is 17.5. The number of thiophene rings is 1. The first-order chi connectivity index (χ1) is 9.72. The maximum atomic E-state index is 11.9. The molecule has 5 nitrogen and oxygen atoms in total. The molecule has 0 unspecified atom stereocenters. The number of H-pyrrole nitrogens is 1. The van der Waals surface area contributed by atoms with Crippen molar-refractivity contribution in [1.82, 2.24) is 10.2 Å². The molecule has 0 spiro atoms. The minimum Gasteiger partial charge on any atom is -0.460 e. The van der Waals surface area contributed by atoms with Crippen LogP contribution in [0.1, 0.15) is 29.8 Å². The van der Waals surface area contributed by atoms with E-state index in [1.54, 1.807) is 17.4 Å². The fourth-order valence-corrected chi connectivity index (χ4v) is 2.69. The third-order valence-corrected chi connectivity index (χ3v) is 4.40. The summed E-state index contributed by atoms with van der Waals surface area (Å²) >= 11 is 1.58. The predicted octanol–water partition coefficient (Wildman–Crippen LogP) is 2.99. The molecule has 1 saturated carbocycles. The average Bonchev–Trinajstić information content (AvgIpc) is 2.89. The number of nitriles is 1. The van der Waals surface area contributed by atoms with E-state index in [-0.39, 0.29) is 11.1 Å². The van der Waals surface area contributed by atoms with Gasteiger partial charge in [0, 0.05) is 11.8 Å². The first kappa shape index (κ1) is 12.9. The summed E-state index contributed by atoms with van der Waals surface area (Å²) in [5.41, 5.74) is 0.989. The molecule has 1 fully saturated rings. The Morgan fingerprint density at radius 1 is 1.60 bits per heavy atom. The van der Waals surface area contributed by atoms with Gasteiger partial charge in [-0.25, -0.2) is 4.79 Å². The fraction of sp³-hybridized carbons (Fsp3) is 0.357. The van der Waals surface area contributed by atoms with Gasteiger partial charge in [-0.1, -0.05) is 6.07 Å². The molecule has 20 heavy (non-hydrogen) atoms. The van der Waals surface area contributed by atoms with E-state index >= 15 is 0 Å². The van der Waals surface area contributed by atoms with E-state index in [1.165, 1.54) is 0 Å². The van der Waals surface area contributed by atoms with E-state index in [9.17, 15) is 4.79 Å². The Kier molecular flexibility index (Phi) is 3.28. The second-order valence-electron chi connectivity index (χ2n) is 5.06. The monoisotopic (exact) mass is 287 g/mol. The van der Waals surface area contributed by atoms with Crippen LogP contribution in [0.2, 0.25) is 0 Å². The lowest BCUT2D eigenvalue weighted by molar-refractivity contribution is 0.0412. The standard InChI is InChI=1S/C14H13N3O2S/c15-6-5-14(3-4-14)9-19-13(18)11-8-10(16-17-11)12-2-1-7-20-12/h1-2,7-8H,3-5,9H2,(H,16,17). The zero-order valence-electron chi connectivity index (χ0n) is 10.8. The molecule has 1 aliphatic rings. The molecule has 0 atom stereocenters. The van der Waals surface area contributed by atoms with E-state index in [0.717, 1.165) is 23.4 Å². The highest BCUT2D eigenvalue weighted by molar-refractivity contribution is 7.13. The van der Waals surface area contributed by atoms with Crippen molar-refractivity contribution in [3.8, 4) is 16.6 Å². The van der Waals surface area contributed by atoms with Crippen molar-refractivity contribution < 1.29 is 9.53 Å². The Bertz CT molecular complexity index is 650. The van der Waals surface area contributed by atoms with E-state index in [2.05, 4.69) is 16.3 Å². The van der Waals surface area contributed by atoms with Gasteiger partial charge in [-0.3, -0.25) is 5.10 Å². The van der Waals surface area contributed by atoms with Crippen LogP contribution < -0.4 is 0 Å². The van der Waals surface area contributed by atoms with E-state index in [0.29, 0.717) is 13.0 Å². The minimum atomic E-state index is -0.437. The Labute approximate surface area is 120 Å². The molecule has 0 aliphatic heterocycles. The number of esters is 1. The first-order valence-electron chi connectivity index (χ1n) is 6.36. The van der Waals surface area contributed by atoms with Crippen molar-refractivity contribution >= 4 is 17.3 Å². The summed E-state index contributed by atoms with van der Waals surface area (Å²) in [4.78, 5) is 12.9. The van der Waals surface area contributed by atoms with Crippen LogP contribution in [-0.4, -0.2) is 22.8 Å². The number of hydrogen-bond acceptors (Lipinski definition) is 5. The molecular weight excluding hydrogens is 274 g/mol. The Hall–Kier alpha value is -2.13. The Morgan fingerprint density at radius 3 is 3.10 bits per heavy atom. The van der Waals surface area contributed by atoms with Crippen LogP contribution in [0.5, 0.6) is 0 Å². The third-order valence-electron chi connectivity index (χ3n) is 3.49. The third kappa shape index (κ3) is 2.58. The van der Waals surface area contributed by atoms with Crippen LogP contribution in [0.25, 0.3) is 10.6 Å². The van der Waals surface area contributed by atoms with Crippen molar-refractivity contribution in [1.29, 1.82) is 5.26 Å². The second kappa shape index (κ2) is 5.10. The maximum Gasteiger partial charge on any atom is 0.358 e. The number of carbonyl (C=O) groups is 1. The molecule has 1 aliphatic carbocycles. The quantitative estimate of drug-likeness (QED) is 0.857. The molecular formula is C14H13N3O2S. The lowest BCUT2D eigenvalue weighted by atomic mass is 10.1. The van der Waals surface area contributed by atoms with Gasteiger partial charge in [-0.2, -0.15) is 10.4 Å². The molecule has 0 saturated heterocycles. The predicted molar refractivity (Wildman–Crippen MR) is 74.1 cm³/mol. The van der Waals surface area contributed by atoms with Gasteiger partial charge in [-0.15, -0.1) is 11.3 Å². The molecule has 2 heterocycles. The van der Waals surface area contributed by atoms with Crippen LogP contribution in [0.4, 0.5) is 0 Å². The highest BCUT2D eigenvalue weighted by Gasteiger charge is 2.43. The molecule has 2 aromatic heterocycles. The zero-order valence-corrected chi connectivity index (χ0v) is 11.6. The smallest absolute Gasteiger partial charge is 0.358 e. The van der Waals surface area contributed by atoms with Crippen LogP contribution >= 0.6 is 11.3 Å². The van der Waals surface area contributed by atoms with Gasteiger partial charge < -0.3 is 4.74 Å². The Morgan fingerprint density at radius 2 is 2.45 bits per heavy atom. The molecule has 1 N–H and O–H groups in total. The van der Waals surface area contributed by atoms with Crippen molar-refractivity contribution in [3.63, 3.8) is 0 Å². The minimum absolute atomic E-state index is 0.0999. The average molecular weight is 287 g/mol. The number of ether oxygens (including phenoxy) is 1. The molecule has 0 aromatic carbocycles. The van der Waals surface area contributed by atoms with Gasteiger partial charge in [-0.05, 0) is 30.4 Å². The molecule has 0 amide bonds. The topological polar surface area (TPSA) is 78.8 Å². The summed E-state index contributed by atoms with van der Waals surface area (Å²) < 4.78 is 5.27. The van der Waals surface area contributed by atoms with E-state index in [1.807, 2.05) is 17.5 Å². The molecule has 0 radical (unpaired) electrons. The summed E-state index contributed by atoms with van der Waals surface area (Å²) in [6.45, 7) is 0.306. The molecule has 3 rings (SSSR count). The highest BCUT2D eigenvalue weighted by Crippen LogP contribution is 2.48. The number of nitrogens with zero attached hydrogens (tertiary/aromatic N) is 2. The van der Waals surface area contributed by atoms with Gasteiger partial charge in [0.25, 0.3) is 0 Å². The highest BCUT2D eigenvalue weighted by atomic mass is 32.1. The largest absolute Gasteiger partial charge is 0.460 e. The number of nitrogens with one attached hydrogen (secondary N) is 1. The normalized spacial score (nSPS) is 15.6.